The molecule has 0 N–H and O–H groups in total. The van der Waals surface area contributed by atoms with Crippen molar-refractivity contribution in [1.29, 1.82) is 0 Å². The molecule has 172 valence electrons. The van der Waals surface area contributed by atoms with Crippen LogP contribution in [0.15, 0.2) is 52.8 Å². The lowest BCUT2D eigenvalue weighted by Gasteiger charge is -2.14. The summed E-state index contributed by atoms with van der Waals surface area (Å²) >= 11 is 0. The van der Waals surface area contributed by atoms with Crippen molar-refractivity contribution in [3.8, 4) is 0 Å². The summed E-state index contributed by atoms with van der Waals surface area (Å²) in [6, 6.07) is 8.20. The fourth-order valence-corrected chi connectivity index (χ4v) is 2.74. The molecule has 0 saturated heterocycles. The fraction of sp³-hybridized carbons (Fsp3) is 0.286. The van der Waals surface area contributed by atoms with Crippen molar-refractivity contribution in [2.75, 3.05) is 14.2 Å². The van der Waals surface area contributed by atoms with Crippen LogP contribution in [0.2, 0.25) is 0 Å². The van der Waals surface area contributed by atoms with Crippen molar-refractivity contribution in [2.45, 2.75) is 26.1 Å². The second-order valence-corrected chi connectivity index (χ2v) is 6.32. The highest BCUT2D eigenvalue weighted by atomic mass is 19.4. The summed E-state index contributed by atoms with van der Waals surface area (Å²) in [5, 5.41) is 7.29. The standard InChI is InChI=1S/C21H19F5N2O4/c1-12(13-6-4-7-14(10-13)21(24,25)26)27-32-11-17-15(8-5-9-16(17)19(22)23)18(28-31-3)20(29)30-2/h4-10,19H,11H2,1-3H3/b27-12+,28-18+. The third-order valence-corrected chi connectivity index (χ3v) is 4.28. The van der Waals surface area contributed by atoms with E-state index in [9.17, 15) is 26.7 Å². The average Bonchev–Trinajstić information content (AvgIpc) is 2.76. The summed E-state index contributed by atoms with van der Waals surface area (Å²) in [5.74, 6) is -0.928. The molecule has 0 amide bonds. The Balaban J connectivity index is 2.38. The highest BCUT2D eigenvalue weighted by Gasteiger charge is 2.30. The van der Waals surface area contributed by atoms with Crippen molar-refractivity contribution in [1.82, 2.24) is 0 Å². The Morgan fingerprint density at radius 3 is 2.34 bits per heavy atom. The molecule has 0 bridgehead atoms. The minimum atomic E-state index is -4.53. The van der Waals surface area contributed by atoms with Crippen LogP contribution in [-0.4, -0.2) is 31.6 Å². The van der Waals surface area contributed by atoms with Gasteiger partial charge in [-0.15, -0.1) is 0 Å². The van der Waals surface area contributed by atoms with E-state index < -0.39 is 36.3 Å². The first-order valence-electron chi connectivity index (χ1n) is 9.04. The number of halogens is 5. The average molecular weight is 458 g/mol. The molecule has 0 aromatic heterocycles. The molecule has 6 nitrogen and oxygen atoms in total. The zero-order chi connectivity index (χ0) is 23.9. The third kappa shape index (κ3) is 6.02. The van der Waals surface area contributed by atoms with Crippen LogP contribution in [0.5, 0.6) is 0 Å². The maximum absolute atomic E-state index is 13.6. The summed E-state index contributed by atoms with van der Waals surface area (Å²) in [6.45, 7) is 0.882. The topological polar surface area (TPSA) is 69.5 Å². The molecule has 32 heavy (non-hydrogen) atoms. The van der Waals surface area contributed by atoms with E-state index in [0.717, 1.165) is 25.3 Å². The van der Waals surface area contributed by atoms with Crippen LogP contribution in [-0.2, 0) is 32.0 Å². The number of alkyl halides is 5. The number of ether oxygens (including phenoxy) is 1. The van der Waals surface area contributed by atoms with Crippen molar-refractivity contribution in [3.63, 3.8) is 0 Å². The number of hydrogen-bond acceptors (Lipinski definition) is 6. The second kappa shape index (κ2) is 10.7. The van der Waals surface area contributed by atoms with Crippen molar-refractivity contribution >= 4 is 17.4 Å². The Morgan fingerprint density at radius 2 is 1.75 bits per heavy atom. The molecule has 2 rings (SSSR count). The van der Waals surface area contributed by atoms with E-state index in [1.165, 1.54) is 38.3 Å². The van der Waals surface area contributed by atoms with Crippen LogP contribution in [0.3, 0.4) is 0 Å². The van der Waals surface area contributed by atoms with Crippen LogP contribution in [0.4, 0.5) is 22.0 Å². The highest BCUT2D eigenvalue weighted by molar-refractivity contribution is 6.43. The Kier molecular flexibility index (Phi) is 8.27. The van der Waals surface area contributed by atoms with Gasteiger partial charge in [0.15, 0.2) is 5.71 Å². The summed E-state index contributed by atoms with van der Waals surface area (Å²) in [7, 11) is 2.25. The lowest BCUT2D eigenvalue weighted by atomic mass is 9.98. The molecule has 0 spiro atoms. The molecule has 0 aliphatic rings. The summed E-state index contributed by atoms with van der Waals surface area (Å²) in [6.07, 6.45) is -7.45. The number of carbonyl (C=O) groups is 1. The molecular weight excluding hydrogens is 439 g/mol. The summed E-state index contributed by atoms with van der Waals surface area (Å²) < 4.78 is 70.4. The molecule has 11 heteroatoms. The van der Waals surface area contributed by atoms with E-state index in [1.54, 1.807) is 0 Å². The van der Waals surface area contributed by atoms with Crippen LogP contribution in [0.1, 0.15) is 41.2 Å². The number of esters is 1. The molecule has 2 aromatic carbocycles. The van der Waals surface area contributed by atoms with Gasteiger partial charge >= 0.3 is 12.1 Å². The van der Waals surface area contributed by atoms with Gasteiger partial charge in [-0.05, 0) is 24.6 Å². The van der Waals surface area contributed by atoms with Gasteiger partial charge < -0.3 is 14.4 Å². The minimum absolute atomic E-state index is 0.0246. The van der Waals surface area contributed by atoms with E-state index in [2.05, 4.69) is 19.9 Å². The van der Waals surface area contributed by atoms with Crippen molar-refractivity contribution in [2.24, 2.45) is 10.3 Å². The first kappa shape index (κ1) is 24.8. The Hall–Kier alpha value is -3.50. The molecule has 0 radical (unpaired) electrons. The quantitative estimate of drug-likeness (QED) is 0.239. The fourth-order valence-electron chi connectivity index (χ4n) is 2.74. The summed E-state index contributed by atoms with van der Waals surface area (Å²) in [5.41, 5.74) is -1.58. The van der Waals surface area contributed by atoms with E-state index >= 15 is 0 Å². The molecule has 0 aliphatic carbocycles. The van der Waals surface area contributed by atoms with Gasteiger partial charge in [0.2, 0.25) is 0 Å². The van der Waals surface area contributed by atoms with Gasteiger partial charge in [0.25, 0.3) is 6.43 Å². The van der Waals surface area contributed by atoms with Gasteiger partial charge in [-0.1, -0.05) is 40.6 Å². The molecule has 0 unspecified atom stereocenters. The normalized spacial score (nSPS) is 12.7. The SMILES string of the molecule is CO/N=C(/C(=O)OC)c1cccc(C(F)F)c1CO/N=C(\C)c1cccc(C(F)(F)F)c1. The van der Waals surface area contributed by atoms with Gasteiger partial charge in [0.05, 0.1) is 18.4 Å². The number of hydrogen-bond donors (Lipinski definition) is 0. The first-order chi connectivity index (χ1) is 15.1. The number of nitrogens with zero attached hydrogens (tertiary/aromatic N) is 2. The Labute approximate surface area is 180 Å². The second-order valence-electron chi connectivity index (χ2n) is 6.32. The van der Waals surface area contributed by atoms with Crippen LogP contribution in [0, 0.1) is 0 Å². The third-order valence-electron chi connectivity index (χ3n) is 4.28. The Bertz CT molecular complexity index is 1020. The number of rotatable bonds is 8. The number of oxime groups is 2. The molecule has 0 fully saturated rings. The molecule has 2 aromatic rings. The van der Waals surface area contributed by atoms with E-state index in [-0.39, 0.29) is 28.1 Å². The van der Waals surface area contributed by atoms with E-state index in [4.69, 9.17) is 4.84 Å². The zero-order valence-corrected chi connectivity index (χ0v) is 17.2. The first-order valence-corrected chi connectivity index (χ1v) is 9.04. The van der Waals surface area contributed by atoms with Crippen LogP contribution < -0.4 is 0 Å². The minimum Gasteiger partial charge on any atom is -0.464 e. The predicted octanol–water partition coefficient (Wildman–Crippen LogP) is 5.11. The monoisotopic (exact) mass is 458 g/mol. The van der Waals surface area contributed by atoms with Crippen molar-refractivity contribution in [3.05, 3.63) is 70.3 Å². The van der Waals surface area contributed by atoms with Crippen LogP contribution in [0.25, 0.3) is 0 Å². The number of benzene rings is 2. The zero-order valence-electron chi connectivity index (χ0n) is 17.2. The van der Waals surface area contributed by atoms with Gasteiger partial charge in [0.1, 0.15) is 13.7 Å². The van der Waals surface area contributed by atoms with Gasteiger partial charge in [0, 0.05) is 16.7 Å². The Morgan fingerprint density at radius 1 is 1.06 bits per heavy atom. The number of carbonyl (C=O) groups excluding carboxylic acids is 1. The molecule has 0 saturated carbocycles. The largest absolute Gasteiger partial charge is 0.464 e. The number of methoxy groups -OCH3 is 1. The van der Waals surface area contributed by atoms with Gasteiger partial charge in [-0.25, -0.2) is 13.6 Å². The van der Waals surface area contributed by atoms with Gasteiger partial charge in [-0.3, -0.25) is 0 Å². The lowest BCUT2D eigenvalue weighted by molar-refractivity contribution is -0.137. The highest BCUT2D eigenvalue weighted by Crippen LogP contribution is 2.30. The van der Waals surface area contributed by atoms with E-state index in [1.807, 2.05) is 0 Å². The molecular formula is C21H19F5N2O4. The molecule has 0 aliphatic heterocycles. The van der Waals surface area contributed by atoms with Crippen molar-refractivity contribution < 1.29 is 41.2 Å². The predicted molar refractivity (Wildman–Crippen MR) is 105 cm³/mol. The van der Waals surface area contributed by atoms with Gasteiger partial charge in [-0.2, -0.15) is 13.2 Å². The van der Waals surface area contributed by atoms with E-state index in [0.29, 0.717) is 0 Å². The molecule has 0 heterocycles. The van der Waals surface area contributed by atoms with Crippen LogP contribution >= 0.6 is 0 Å². The lowest BCUT2D eigenvalue weighted by Crippen LogP contribution is -2.20. The maximum Gasteiger partial charge on any atom is 0.416 e. The molecule has 0 atom stereocenters. The summed E-state index contributed by atoms with van der Waals surface area (Å²) in [4.78, 5) is 21.8. The smallest absolute Gasteiger partial charge is 0.416 e. The maximum atomic E-state index is 13.6.